The Bertz CT molecular complexity index is 625. The highest BCUT2D eigenvalue weighted by Crippen LogP contribution is 2.31. The van der Waals surface area contributed by atoms with E-state index in [4.69, 9.17) is 4.74 Å². The first-order valence-electron chi connectivity index (χ1n) is 7.09. The monoisotopic (exact) mass is 286 g/mol. The molecule has 6 heteroatoms. The molecule has 2 aromatic rings. The Hall–Kier alpha value is -2.50. The molecule has 110 valence electrons. The number of H-pyrrole nitrogens is 1. The molecule has 0 aliphatic carbocycles. The molecule has 0 saturated carbocycles. The van der Waals surface area contributed by atoms with E-state index in [1.54, 1.807) is 18.5 Å². The van der Waals surface area contributed by atoms with Crippen LogP contribution >= 0.6 is 0 Å². The van der Waals surface area contributed by atoms with Crippen molar-refractivity contribution in [2.45, 2.75) is 19.4 Å². The van der Waals surface area contributed by atoms with Crippen LogP contribution in [-0.2, 0) is 0 Å². The molecule has 1 aromatic heterocycles. The summed E-state index contributed by atoms with van der Waals surface area (Å²) in [7, 11) is 0. The zero-order valence-electron chi connectivity index (χ0n) is 11.8. The summed E-state index contributed by atoms with van der Waals surface area (Å²) in [6.45, 7) is 3.32. The van der Waals surface area contributed by atoms with Gasteiger partial charge in [0, 0.05) is 18.9 Å². The number of hydrogen-bond donors (Lipinski definition) is 3. The lowest BCUT2D eigenvalue weighted by Gasteiger charge is -2.22. The molecule has 0 spiro atoms. The van der Waals surface area contributed by atoms with E-state index in [9.17, 15) is 4.79 Å². The topological polar surface area (TPSA) is 79.0 Å². The molecule has 3 rings (SSSR count). The lowest BCUT2D eigenvalue weighted by atomic mass is 10.1. The number of ether oxygens (including phenoxy) is 1. The van der Waals surface area contributed by atoms with Crippen LogP contribution < -0.4 is 15.4 Å². The van der Waals surface area contributed by atoms with E-state index in [1.807, 2.05) is 19.1 Å². The number of imidazole rings is 1. The predicted molar refractivity (Wildman–Crippen MR) is 79.5 cm³/mol. The van der Waals surface area contributed by atoms with Gasteiger partial charge in [0.25, 0.3) is 5.91 Å². The fraction of sp³-hybridized carbons (Fsp3) is 0.333. The zero-order chi connectivity index (χ0) is 14.7. The Morgan fingerprint density at radius 1 is 1.52 bits per heavy atom. The van der Waals surface area contributed by atoms with Gasteiger partial charge in [0.2, 0.25) is 0 Å². The van der Waals surface area contributed by atoms with E-state index >= 15 is 0 Å². The SMILES string of the molecule is CCC(NC(=O)c1cccc2c1OCCN2)c1ncc[nH]1. The van der Waals surface area contributed by atoms with Gasteiger partial charge in [-0.1, -0.05) is 13.0 Å². The summed E-state index contributed by atoms with van der Waals surface area (Å²) in [6.07, 6.45) is 4.19. The van der Waals surface area contributed by atoms with Crippen molar-refractivity contribution in [2.75, 3.05) is 18.5 Å². The molecule has 2 heterocycles. The molecule has 0 saturated heterocycles. The molecule has 1 unspecified atom stereocenters. The summed E-state index contributed by atoms with van der Waals surface area (Å²) in [5, 5.41) is 6.22. The number of nitrogens with one attached hydrogen (secondary N) is 3. The van der Waals surface area contributed by atoms with Crippen molar-refractivity contribution in [3.05, 3.63) is 42.0 Å². The van der Waals surface area contributed by atoms with Gasteiger partial charge in [-0.2, -0.15) is 0 Å². The highest BCUT2D eigenvalue weighted by atomic mass is 16.5. The third-order valence-electron chi connectivity index (χ3n) is 3.49. The van der Waals surface area contributed by atoms with Gasteiger partial charge in [-0.05, 0) is 18.6 Å². The number of aromatic amines is 1. The maximum Gasteiger partial charge on any atom is 0.255 e. The van der Waals surface area contributed by atoms with Crippen LogP contribution in [0.15, 0.2) is 30.6 Å². The predicted octanol–water partition coefficient (Wildman–Crippen LogP) is 2.10. The van der Waals surface area contributed by atoms with E-state index in [-0.39, 0.29) is 11.9 Å². The smallest absolute Gasteiger partial charge is 0.255 e. The number of carbonyl (C=O) groups excluding carboxylic acids is 1. The van der Waals surface area contributed by atoms with Crippen LogP contribution in [0.5, 0.6) is 5.75 Å². The van der Waals surface area contributed by atoms with E-state index in [0.29, 0.717) is 17.9 Å². The maximum absolute atomic E-state index is 12.5. The minimum Gasteiger partial charge on any atom is -0.489 e. The quantitative estimate of drug-likeness (QED) is 0.804. The van der Waals surface area contributed by atoms with Crippen molar-refractivity contribution >= 4 is 11.6 Å². The molecule has 6 nitrogen and oxygen atoms in total. The average molecular weight is 286 g/mol. The van der Waals surface area contributed by atoms with Gasteiger partial charge in [-0.15, -0.1) is 0 Å². The molecule has 0 radical (unpaired) electrons. The van der Waals surface area contributed by atoms with Crippen molar-refractivity contribution in [3.63, 3.8) is 0 Å². The number of aromatic nitrogens is 2. The van der Waals surface area contributed by atoms with Crippen molar-refractivity contribution in [3.8, 4) is 5.75 Å². The van der Waals surface area contributed by atoms with Gasteiger partial charge < -0.3 is 20.4 Å². The minimum atomic E-state index is -0.154. The van der Waals surface area contributed by atoms with Crippen molar-refractivity contribution < 1.29 is 9.53 Å². The van der Waals surface area contributed by atoms with Gasteiger partial charge in [0.05, 0.1) is 17.3 Å². The molecule has 1 aliphatic heterocycles. The van der Waals surface area contributed by atoms with E-state index in [2.05, 4.69) is 20.6 Å². The van der Waals surface area contributed by atoms with Crippen LogP contribution in [0, 0.1) is 0 Å². The second-order valence-electron chi connectivity index (χ2n) is 4.87. The zero-order valence-corrected chi connectivity index (χ0v) is 11.8. The minimum absolute atomic E-state index is 0.139. The van der Waals surface area contributed by atoms with Crippen molar-refractivity contribution in [1.29, 1.82) is 0 Å². The van der Waals surface area contributed by atoms with E-state index in [0.717, 1.165) is 24.5 Å². The first kappa shape index (κ1) is 13.5. The molecular formula is C15H18N4O2. The lowest BCUT2D eigenvalue weighted by Crippen LogP contribution is -2.30. The second-order valence-corrected chi connectivity index (χ2v) is 4.87. The molecular weight excluding hydrogens is 268 g/mol. The van der Waals surface area contributed by atoms with Gasteiger partial charge in [0.1, 0.15) is 12.4 Å². The fourth-order valence-electron chi connectivity index (χ4n) is 2.42. The van der Waals surface area contributed by atoms with Crippen LogP contribution in [0.3, 0.4) is 0 Å². The van der Waals surface area contributed by atoms with Gasteiger partial charge in [0.15, 0.2) is 5.75 Å². The van der Waals surface area contributed by atoms with Crippen molar-refractivity contribution in [1.82, 2.24) is 15.3 Å². The third-order valence-corrected chi connectivity index (χ3v) is 3.49. The van der Waals surface area contributed by atoms with Gasteiger partial charge >= 0.3 is 0 Å². The fourth-order valence-corrected chi connectivity index (χ4v) is 2.42. The number of fused-ring (bicyclic) bond motifs is 1. The van der Waals surface area contributed by atoms with Gasteiger partial charge in [-0.25, -0.2) is 4.98 Å². The van der Waals surface area contributed by atoms with Crippen LogP contribution in [0.1, 0.15) is 35.6 Å². The third kappa shape index (κ3) is 2.69. The second kappa shape index (κ2) is 5.87. The van der Waals surface area contributed by atoms with Crippen LogP contribution in [0.4, 0.5) is 5.69 Å². The number of amides is 1. The Balaban J connectivity index is 1.82. The maximum atomic E-state index is 12.5. The summed E-state index contributed by atoms with van der Waals surface area (Å²) in [4.78, 5) is 19.8. The number of carbonyl (C=O) groups is 1. The highest BCUT2D eigenvalue weighted by Gasteiger charge is 2.22. The first-order valence-corrected chi connectivity index (χ1v) is 7.09. The normalized spacial score (nSPS) is 14.5. The molecule has 1 aliphatic rings. The number of anilines is 1. The number of para-hydroxylation sites is 1. The summed E-state index contributed by atoms with van der Waals surface area (Å²) < 4.78 is 5.63. The molecule has 0 fully saturated rings. The number of rotatable bonds is 4. The molecule has 0 bridgehead atoms. The van der Waals surface area contributed by atoms with Crippen LogP contribution in [0.2, 0.25) is 0 Å². The first-order chi connectivity index (χ1) is 10.3. The van der Waals surface area contributed by atoms with Gasteiger partial charge in [-0.3, -0.25) is 4.79 Å². The number of hydrogen-bond acceptors (Lipinski definition) is 4. The molecule has 21 heavy (non-hydrogen) atoms. The molecule has 1 amide bonds. The van der Waals surface area contributed by atoms with Crippen molar-refractivity contribution in [2.24, 2.45) is 0 Å². The number of nitrogens with zero attached hydrogens (tertiary/aromatic N) is 1. The molecule has 3 N–H and O–H groups in total. The summed E-state index contributed by atoms with van der Waals surface area (Å²) in [5.74, 6) is 1.23. The summed E-state index contributed by atoms with van der Waals surface area (Å²) in [5.41, 5.74) is 1.41. The standard InChI is InChI=1S/C15H18N4O2/c1-2-11(14-17-6-7-18-14)19-15(20)10-4-3-5-12-13(10)21-9-8-16-12/h3-7,11,16H,2,8-9H2,1H3,(H,17,18)(H,19,20). The lowest BCUT2D eigenvalue weighted by molar-refractivity contribution is 0.0929. The van der Waals surface area contributed by atoms with Crippen LogP contribution in [-0.4, -0.2) is 29.0 Å². The molecule has 1 aromatic carbocycles. The van der Waals surface area contributed by atoms with E-state index in [1.165, 1.54) is 0 Å². The Morgan fingerprint density at radius 2 is 2.43 bits per heavy atom. The molecule has 1 atom stereocenters. The van der Waals surface area contributed by atoms with E-state index < -0.39 is 0 Å². The highest BCUT2D eigenvalue weighted by molar-refractivity contribution is 5.99. The summed E-state index contributed by atoms with van der Waals surface area (Å²) >= 11 is 0. The summed E-state index contributed by atoms with van der Waals surface area (Å²) in [6, 6.07) is 5.40. The Kier molecular flexibility index (Phi) is 3.77. The Morgan fingerprint density at radius 3 is 3.19 bits per heavy atom. The average Bonchev–Trinajstić information content (AvgIpc) is 3.06. The largest absolute Gasteiger partial charge is 0.489 e. The number of benzene rings is 1. The Labute approximate surface area is 122 Å². The van der Waals surface area contributed by atoms with Crippen LogP contribution in [0.25, 0.3) is 0 Å².